The van der Waals surface area contributed by atoms with Crippen LogP contribution in [0.25, 0.3) is 0 Å². The zero-order valence-corrected chi connectivity index (χ0v) is 16.9. The van der Waals surface area contributed by atoms with E-state index in [0.717, 1.165) is 0 Å². The SMILES string of the molecule is COc1ccccc1[C@H](NC(=O)OC(C)(C)C)C(=O)N1CCC[C@H](C(N)=O)C1. The number of ether oxygens (including phenoxy) is 2. The lowest BCUT2D eigenvalue weighted by Crippen LogP contribution is -2.49. The number of benzene rings is 1. The van der Waals surface area contributed by atoms with Gasteiger partial charge in [-0.05, 0) is 39.7 Å². The molecule has 1 aliphatic heterocycles. The number of nitrogens with one attached hydrogen (secondary N) is 1. The van der Waals surface area contributed by atoms with Crippen LogP contribution in [0.15, 0.2) is 24.3 Å². The molecular formula is C20H29N3O5. The molecule has 3 N–H and O–H groups in total. The molecule has 3 amide bonds. The molecule has 28 heavy (non-hydrogen) atoms. The predicted molar refractivity (Wildman–Crippen MR) is 104 cm³/mol. The van der Waals surface area contributed by atoms with Crippen molar-refractivity contribution in [3.63, 3.8) is 0 Å². The van der Waals surface area contributed by atoms with Crippen molar-refractivity contribution in [2.75, 3.05) is 20.2 Å². The molecule has 1 aromatic rings. The highest BCUT2D eigenvalue weighted by Crippen LogP contribution is 2.28. The summed E-state index contributed by atoms with van der Waals surface area (Å²) in [5.41, 5.74) is 5.23. The van der Waals surface area contributed by atoms with Gasteiger partial charge in [-0.3, -0.25) is 9.59 Å². The normalized spacial score (nSPS) is 18.1. The molecule has 0 aliphatic carbocycles. The van der Waals surface area contributed by atoms with Crippen molar-refractivity contribution >= 4 is 17.9 Å². The monoisotopic (exact) mass is 391 g/mol. The van der Waals surface area contributed by atoms with Gasteiger partial charge in [0, 0.05) is 18.7 Å². The van der Waals surface area contributed by atoms with Crippen LogP contribution < -0.4 is 15.8 Å². The van der Waals surface area contributed by atoms with E-state index >= 15 is 0 Å². The molecule has 154 valence electrons. The van der Waals surface area contributed by atoms with Crippen LogP contribution in [0, 0.1) is 5.92 Å². The third-order valence-electron chi connectivity index (χ3n) is 4.49. The summed E-state index contributed by atoms with van der Waals surface area (Å²) in [5.74, 6) is -0.675. The fourth-order valence-corrected chi connectivity index (χ4v) is 3.19. The van der Waals surface area contributed by atoms with Crippen LogP contribution in [-0.4, -0.2) is 48.6 Å². The average Bonchev–Trinajstić information content (AvgIpc) is 2.64. The third-order valence-corrected chi connectivity index (χ3v) is 4.49. The smallest absolute Gasteiger partial charge is 0.408 e. The number of nitrogens with two attached hydrogens (primary N) is 1. The second kappa shape index (κ2) is 8.95. The van der Waals surface area contributed by atoms with Gasteiger partial charge in [0.15, 0.2) is 0 Å². The van der Waals surface area contributed by atoms with E-state index in [9.17, 15) is 14.4 Å². The van der Waals surface area contributed by atoms with Crippen molar-refractivity contribution in [2.45, 2.75) is 45.3 Å². The fourth-order valence-electron chi connectivity index (χ4n) is 3.19. The van der Waals surface area contributed by atoms with E-state index in [4.69, 9.17) is 15.2 Å². The number of hydrogen-bond acceptors (Lipinski definition) is 5. The van der Waals surface area contributed by atoms with Crippen LogP contribution in [0.4, 0.5) is 4.79 Å². The summed E-state index contributed by atoms with van der Waals surface area (Å²) in [7, 11) is 1.50. The second-order valence-electron chi connectivity index (χ2n) is 7.85. The standard InChI is InChI=1S/C20H29N3O5/c1-20(2,3)28-19(26)22-16(14-9-5-6-10-15(14)27-4)18(25)23-11-7-8-13(12-23)17(21)24/h5-6,9-10,13,16H,7-8,11-12H2,1-4H3,(H2,21,24)(H,22,26)/t13-,16-/m0/s1. The first-order valence-corrected chi connectivity index (χ1v) is 9.33. The van der Waals surface area contributed by atoms with Gasteiger partial charge < -0.3 is 25.4 Å². The maximum absolute atomic E-state index is 13.3. The summed E-state index contributed by atoms with van der Waals surface area (Å²) in [6, 6.07) is 5.97. The topological polar surface area (TPSA) is 111 Å². The Kier molecular flexibility index (Phi) is 6.88. The van der Waals surface area contributed by atoms with Crippen molar-refractivity contribution in [2.24, 2.45) is 11.7 Å². The van der Waals surface area contributed by atoms with Crippen LogP contribution in [-0.2, 0) is 14.3 Å². The molecule has 0 bridgehead atoms. The van der Waals surface area contributed by atoms with Crippen molar-refractivity contribution in [3.05, 3.63) is 29.8 Å². The van der Waals surface area contributed by atoms with Gasteiger partial charge in [-0.15, -0.1) is 0 Å². The van der Waals surface area contributed by atoms with Gasteiger partial charge >= 0.3 is 6.09 Å². The Morgan fingerprint density at radius 3 is 2.54 bits per heavy atom. The Morgan fingerprint density at radius 2 is 1.93 bits per heavy atom. The van der Waals surface area contributed by atoms with Gasteiger partial charge in [0.25, 0.3) is 0 Å². The van der Waals surface area contributed by atoms with Crippen LogP contribution in [0.1, 0.15) is 45.2 Å². The lowest BCUT2D eigenvalue weighted by Gasteiger charge is -2.34. The van der Waals surface area contributed by atoms with Gasteiger partial charge in [-0.1, -0.05) is 18.2 Å². The maximum atomic E-state index is 13.3. The van der Waals surface area contributed by atoms with Crippen LogP contribution in [0.2, 0.25) is 0 Å². The minimum absolute atomic E-state index is 0.232. The quantitative estimate of drug-likeness (QED) is 0.797. The molecule has 1 saturated heterocycles. The van der Waals surface area contributed by atoms with Crippen molar-refractivity contribution in [1.82, 2.24) is 10.2 Å². The maximum Gasteiger partial charge on any atom is 0.408 e. The molecule has 2 rings (SSSR count). The van der Waals surface area contributed by atoms with Gasteiger partial charge in [-0.2, -0.15) is 0 Å². The van der Waals surface area contributed by atoms with Gasteiger partial charge in [0.05, 0.1) is 13.0 Å². The molecule has 1 fully saturated rings. The first-order chi connectivity index (χ1) is 13.1. The first-order valence-electron chi connectivity index (χ1n) is 9.33. The van der Waals surface area contributed by atoms with Crippen molar-refractivity contribution in [3.8, 4) is 5.75 Å². The highest BCUT2D eigenvalue weighted by Gasteiger charge is 2.34. The number of nitrogens with zero attached hydrogens (tertiary/aromatic N) is 1. The number of para-hydroxylation sites is 1. The summed E-state index contributed by atoms with van der Waals surface area (Å²) in [4.78, 5) is 38.8. The number of hydrogen-bond donors (Lipinski definition) is 2. The zero-order chi connectivity index (χ0) is 20.9. The molecule has 0 radical (unpaired) electrons. The van der Waals surface area contributed by atoms with E-state index in [2.05, 4.69) is 5.32 Å². The summed E-state index contributed by atoms with van der Waals surface area (Å²) in [5, 5.41) is 2.66. The van der Waals surface area contributed by atoms with Crippen molar-refractivity contribution in [1.29, 1.82) is 0 Å². The zero-order valence-electron chi connectivity index (χ0n) is 16.9. The molecule has 0 saturated carbocycles. The molecule has 8 nitrogen and oxygen atoms in total. The Hall–Kier alpha value is -2.77. The van der Waals surface area contributed by atoms with E-state index in [1.54, 1.807) is 49.9 Å². The largest absolute Gasteiger partial charge is 0.496 e. The number of rotatable bonds is 5. The second-order valence-corrected chi connectivity index (χ2v) is 7.85. The lowest BCUT2D eigenvalue weighted by atomic mass is 9.96. The molecule has 2 atom stereocenters. The Morgan fingerprint density at radius 1 is 1.25 bits per heavy atom. The Labute approximate surface area is 165 Å². The van der Waals surface area contributed by atoms with Crippen LogP contribution in [0.5, 0.6) is 5.75 Å². The molecule has 1 heterocycles. The summed E-state index contributed by atoms with van der Waals surface area (Å²) < 4.78 is 10.7. The molecule has 0 aromatic heterocycles. The van der Waals surface area contributed by atoms with Crippen LogP contribution >= 0.6 is 0 Å². The number of piperidine rings is 1. The number of primary amides is 1. The van der Waals surface area contributed by atoms with E-state index in [1.165, 1.54) is 7.11 Å². The number of likely N-dealkylation sites (tertiary alicyclic amines) is 1. The fraction of sp³-hybridized carbons (Fsp3) is 0.550. The van der Waals surface area contributed by atoms with Gasteiger partial charge in [0.2, 0.25) is 11.8 Å². The van der Waals surface area contributed by atoms with E-state index in [-0.39, 0.29) is 12.5 Å². The van der Waals surface area contributed by atoms with Crippen LogP contribution in [0.3, 0.4) is 0 Å². The molecule has 0 spiro atoms. The lowest BCUT2D eigenvalue weighted by molar-refractivity contribution is -0.137. The van der Waals surface area contributed by atoms with Gasteiger partial charge in [0.1, 0.15) is 17.4 Å². The summed E-state index contributed by atoms with van der Waals surface area (Å²) in [6.07, 6.45) is 0.614. The van der Waals surface area contributed by atoms with E-state index in [1.807, 2.05) is 0 Å². The number of methoxy groups -OCH3 is 1. The first kappa shape index (κ1) is 21.5. The van der Waals surface area contributed by atoms with E-state index in [0.29, 0.717) is 30.7 Å². The summed E-state index contributed by atoms with van der Waals surface area (Å²) in [6.45, 7) is 5.96. The van der Waals surface area contributed by atoms with Crippen molar-refractivity contribution < 1.29 is 23.9 Å². The Bertz CT molecular complexity index is 729. The molecule has 1 aromatic carbocycles. The minimum atomic E-state index is -1.00. The predicted octanol–water partition coefficient (Wildman–Crippen LogP) is 1.98. The minimum Gasteiger partial charge on any atom is -0.496 e. The molecule has 1 aliphatic rings. The summed E-state index contributed by atoms with van der Waals surface area (Å²) >= 11 is 0. The third kappa shape index (κ3) is 5.61. The molecule has 0 unspecified atom stereocenters. The molecular weight excluding hydrogens is 362 g/mol. The number of alkyl carbamates (subject to hydrolysis) is 1. The van der Waals surface area contributed by atoms with E-state index < -0.39 is 29.6 Å². The highest BCUT2D eigenvalue weighted by atomic mass is 16.6. The average molecular weight is 391 g/mol. The number of carbonyl (C=O) groups excluding carboxylic acids is 3. The number of amides is 3. The Balaban J connectivity index is 2.30. The molecule has 8 heteroatoms. The van der Waals surface area contributed by atoms with Gasteiger partial charge in [-0.25, -0.2) is 4.79 Å². The number of carbonyl (C=O) groups is 3. The highest BCUT2D eigenvalue weighted by molar-refractivity contribution is 5.88.